The Morgan fingerprint density at radius 2 is 1.75 bits per heavy atom. The molecule has 2 saturated heterocycles. The van der Waals surface area contributed by atoms with E-state index in [0.29, 0.717) is 23.1 Å². The number of allylic oxidation sites excluding steroid dienone is 2. The molecule has 192 valence electrons. The van der Waals surface area contributed by atoms with E-state index in [2.05, 4.69) is 15.9 Å². The van der Waals surface area contributed by atoms with E-state index in [1.165, 1.54) is 4.90 Å². The summed E-state index contributed by atoms with van der Waals surface area (Å²) in [5, 5.41) is 11.1. The SMILES string of the molecule is Cc1cccc([C@H]2C3=CC[C@@H]4C(=O)N(C(C)(C)C)C(=O)[C@@H]4[C@@H]3C[C@@]3(Cl)C(=O)N(CBr)C(=O)[C@@]23Cl)c1O. The predicted molar refractivity (Wildman–Crippen MR) is 138 cm³/mol. The Kier molecular flexibility index (Phi) is 5.75. The number of nitrogens with zero attached hydrogens (tertiary/aromatic N) is 2. The number of rotatable bonds is 2. The minimum absolute atomic E-state index is 0.0482. The van der Waals surface area contributed by atoms with Gasteiger partial charge in [0.2, 0.25) is 11.8 Å². The van der Waals surface area contributed by atoms with Gasteiger partial charge in [-0.15, -0.1) is 23.2 Å². The lowest BCUT2D eigenvalue weighted by molar-refractivity contribution is -0.146. The summed E-state index contributed by atoms with van der Waals surface area (Å²) in [7, 11) is 0. The fourth-order valence-corrected chi connectivity index (χ4v) is 8.09. The Hall–Kier alpha value is -1.90. The van der Waals surface area contributed by atoms with Crippen molar-refractivity contribution in [1.29, 1.82) is 0 Å². The van der Waals surface area contributed by atoms with Crippen LogP contribution in [0.3, 0.4) is 0 Å². The molecule has 1 N–H and O–H groups in total. The molecule has 0 spiro atoms. The van der Waals surface area contributed by atoms with Crippen LogP contribution in [0.4, 0.5) is 0 Å². The van der Waals surface area contributed by atoms with Crippen molar-refractivity contribution in [3.05, 3.63) is 41.0 Å². The summed E-state index contributed by atoms with van der Waals surface area (Å²) >= 11 is 17.5. The van der Waals surface area contributed by atoms with E-state index in [0.717, 1.165) is 4.90 Å². The summed E-state index contributed by atoms with van der Waals surface area (Å²) in [4.78, 5) is 52.9. The highest BCUT2D eigenvalue weighted by atomic mass is 79.9. The summed E-state index contributed by atoms with van der Waals surface area (Å²) < 4.78 is 0. The minimum Gasteiger partial charge on any atom is -0.507 e. The molecule has 2 heterocycles. The van der Waals surface area contributed by atoms with Crippen molar-refractivity contribution in [1.82, 2.24) is 9.80 Å². The monoisotopic (exact) mass is 596 g/mol. The maximum absolute atomic E-state index is 13.7. The van der Waals surface area contributed by atoms with E-state index in [9.17, 15) is 24.3 Å². The second kappa shape index (κ2) is 8.05. The van der Waals surface area contributed by atoms with Gasteiger partial charge in [0.1, 0.15) is 5.75 Å². The molecule has 2 aliphatic carbocycles. The summed E-state index contributed by atoms with van der Waals surface area (Å²) in [5.41, 5.74) is 0.800. The molecule has 1 saturated carbocycles. The number of para-hydroxylation sites is 1. The Labute approximate surface area is 227 Å². The molecule has 7 nitrogen and oxygen atoms in total. The van der Waals surface area contributed by atoms with Crippen molar-refractivity contribution in [2.24, 2.45) is 17.8 Å². The Morgan fingerprint density at radius 3 is 2.36 bits per heavy atom. The van der Waals surface area contributed by atoms with Gasteiger partial charge in [0, 0.05) is 17.0 Å². The summed E-state index contributed by atoms with van der Waals surface area (Å²) in [5.74, 6) is -4.79. The van der Waals surface area contributed by atoms with Crippen LogP contribution in [0, 0.1) is 24.7 Å². The number of phenolic OH excluding ortho intramolecular Hbond substituents is 1. The van der Waals surface area contributed by atoms with Crippen molar-refractivity contribution in [2.75, 3.05) is 5.45 Å². The summed E-state index contributed by atoms with van der Waals surface area (Å²) in [6.45, 7) is 7.15. The number of aryl methyl sites for hydroxylation is 1. The van der Waals surface area contributed by atoms with Crippen LogP contribution in [0.5, 0.6) is 5.75 Å². The summed E-state index contributed by atoms with van der Waals surface area (Å²) in [6.07, 6.45) is 2.09. The molecule has 4 aliphatic rings. The number of carbonyl (C=O) groups excluding carboxylic acids is 4. The number of phenols is 1. The lowest BCUT2D eigenvalue weighted by atomic mass is 9.56. The van der Waals surface area contributed by atoms with Gasteiger partial charge >= 0.3 is 0 Å². The second-order valence-corrected chi connectivity index (χ2v) is 12.9. The molecule has 5 rings (SSSR count). The van der Waals surface area contributed by atoms with E-state index in [4.69, 9.17) is 23.2 Å². The first-order valence-electron chi connectivity index (χ1n) is 11.9. The molecule has 2 aliphatic heterocycles. The fourth-order valence-electron chi connectivity index (χ4n) is 6.67. The van der Waals surface area contributed by atoms with Gasteiger partial charge in [-0.3, -0.25) is 29.0 Å². The molecule has 6 atom stereocenters. The molecule has 1 aromatic rings. The number of halogens is 3. The first-order valence-corrected chi connectivity index (χ1v) is 13.8. The van der Waals surface area contributed by atoms with Gasteiger partial charge < -0.3 is 5.11 Å². The number of carbonyl (C=O) groups is 4. The number of imide groups is 2. The second-order valence-electron chi connectivity index (χ2n) is 11.2. The number of alkyl halides is 3. The predicted octanol–water partition coefficient (Wildman–Crippen LogP) is 4.21. The van der Waals surface area contributed by atoms with E-state index in [-0.39, 0.29) is 29.4 Å². The van der Waals surface area contributed by atoms with Gasteiger partial charge in [-0.2, -0.15) is 0 Å². The lowest BCUT2D eigenvalue weighted by Gasteiger charge is -2.51. The van der Waals surface area contributed by atoms with Crippen LogP contribution in [-0.4, -0.2) is 59.3 Å². The average molecular weight is 598 g/mol. The van der Waals surface area contributed by atoms with Crippen molar-refractivity contribution in [3.8, 4) is 5.75 Å². The zero-order chi connectivity index (χ0) is 26.5. The molecule has 10 heteroatoms. The molecular formula is C26H27BrCl2N2O5. The van der Waals surface area contributed by atoms with Gasteiger partial charge in [0.25, 0.3) is 11.8 Å². The molecule has 0 radical (unpaired) electrons. The van der Waals surface area contributed by atoms with Crippen molar-refractivity contribution in [3.63, 3.8) is 0 Å². The first kappa shape index (κ1) is 25.7. The highest BCUT2D eigenvalue weighted by Crippen LogP contribution is 2.66. The zero-order valence-electron chi connectivity index (χ0n) is 20.3. The van der Waals surface area contributed by atoms with E-state index < -0.39 is 50.8 Å². The number of likely N-dealkylation sites (tertiary alicyclic amines) is 2. The highest BCUT2D eigenvalue weighted by Gasteiger charge is 2.76. The molecule has 0 aromatic heterocycles. The van der Waals surface area contributed by atoms with Crippen LogP contribution in [0.2, 0.25) is 0 Å². The number of aromatic hydroxyl groups is 1. The summed E-state index contributed by atoms with van der Waals surface area (Å²) in [6, 6.07) is 5.14. The minimum atomic E-state index is -1.92. The zero-order valence-corrected chi connectivity index (χ0v) is 23.4. The molecule has 0 bridgehead atoms. The third kappa shape index (κ3) is 3.04. The van der Waals surface area contributed by atoms with Crippen molar-refractivity contribution >= 4 is 62.8 Å². The normalized spacial score (nSPS) is 36.1. The lowest BCUT2D eigenvalue weighted by Crippen LogP contribution is -2.60. The van der Waals surface area contributed by atoms with Crippen LogP contribution >= 0.6 is 39.1 Å². The number of fused-ring (bicyclic) bond motifs is 4. The number of hydrogen-bond acceptors (Lipinski definition) is 5. The highest BCUT2D eigenvalue weighted by molar-refractivity contribution is 9.09. The molecule has 4 amide bonds. The third-order valence-corrected chi connectivity index (χ3v) is 10.2. The van der Waals surface area contributed by atoms with Crippen molar-refractivity contribution < 1.29 is 24.3 Å². The van der Waals surface area contributed by atoms with Crippen LogP contribution in [0.25, 0.3) is 0 Å². The fraction of sp³-hybridized carbons (Fsp3) is 0.538. The molecular weight excluding hydrogens is 571 g/mol. The number of hydrogen-bond donors (Lipinski definition) is 1. The van der Waals surface area contributed by atoms with Crippen LogP contribution in [0.1, 0.15) is 50.7 Å². The Morgan fingerprint density at radius 1 is 1.08 bits per heavy atom. The quantitative estimate of drug-likeness (QED) is 0.238. The van der Waals surface area contributed by atoms with Crippen molar-refractivity contribution in [2.45, 2.75) is 61.7 Å². The topological polar surface area (TPSA) is 95.0 Å². The van der Waals surface area contributed by atoms with E-state index in [1.54, 1.807) is 25.1 Å². The van der Waals surface area contributed by atoms with Gasteiger partial charge in [-0.1, -0.05) is 45.8 Å². The van der Waals surface area contributed by atoms with E-state index >= 15 is 0 Å². The van der Waals surface area contributed by atoms with Gasteiger partial charge in [-0.25, -0.2) is 0 Å². The largest absolute Gasteiger partial charge is 0.507 e. The Balaban J connectivity index is 1.75. The van der Waals surface area contributed by atoms with Gasteiger partial charge in [0.05, 0.1) is 17.3 Å². The van der Waals surface area contributed by atoms with Crippen LogP contribution in [0.15, 0.2) is 29.8 Å². The van der Waals surface area contributed by atoms with E-state index in [1.807, 2.05) is 26.8 Å². The molecule has 36 heavy (non-hydrogen) atoms. The number of benzene rings is 1. The standard InChI is InChI=1S/C26H27BrCl2N2O5/c1-12-6-5-7-15(19(12)32)18-13-8-9-14-17(21(34)31(20(14)33)24(2,3)4)16(13)10-25(28)22(35)30(11-27)23(36)26(18,25)29/h5-8,14,16-18,32H,9-11H2,1-4H3/t14-,16+,17-,18+,25+,26-/m0/s1. The third-order valence-electron chi connectivity index (χ3n) is 8.27. The number of amides is 4. The Bertz CT molecular complexity index is 1260. The van der Waals surface area contributed by atoms with Crippen LogP contribution in [-0.2, 0) is 19.2 Å². The smallest absolute Gasteiger partial charge is 0.254 e. The van der Waals surface area contributed by atoms with Gasteiger partial charge in [-0.05, 0) is 52.0 Å². The molecule has 1 aromatic carbocycles. The van der Waals surface area contributed by atoms with Crippen LogP contribution < -0.4 is 0 Å². The molecule has 0 unspecified atom stereocenters. The maximum atomic E-state index is 13.7. The maximum Gasteiger partial charge on any atom is 0.254 e. The molecule has 3 fully saturated rings. The first-order chi connectivity index (χ1) is 16.7. The van der Waals surface area contributed by atoms with Gasteiger partial charge in [0.15, 0.2) is 9.75 Å². The average Bonchev–Trinajstić information content (AvgIpc) is 3.14.